The third-order valence-electron chi connectivity index (χ3n) is 4.00. The second-order valence-electron chi connectivity index (χ2n) is 7.02. The zero-order valence-electron chi connectivity index (χ0n) is 14.1. The van der Waals surface area contributed by atoms with Crippen molar-refractivity contribution in [3.8, 4) is 5.75 Å². The molecule has 1 amide bonds. The number of phenolic OH excluding ortho intramolecular Hbond substituents is 1. The van der Waals surface area contributed by atoms with Gasteiger partial charge in [-0.3, -0.25) is 4.98 Å². The van der Waals surface area contributed by atoms with Gasteiger partial charge in [0.2, 0.25) is 0 Å². The summed E-state index contributed by atoms with van der Waals surface area (Å²) in [6.07, 6.45) is 1.00. The molecule has 2 aromatic rings. The highest BCUT2D eigenvalue weighted by Gasteiger charge is 2.25. The van der Waals surface area contributed by atoms with Gasteiger partial charge in [0, 0.05) is 30.6 Å². The average Bonchev–Trinajstić information content (AvgIpc) is 2.70. The molecule has 1 aliphatic rings. The molecular formula is C18H21ClN2O3. The van der Waals surface area contributed by atoms with Crippen molar-refractivity contribution in [1.29, 1.82) is 0 Å². The molecule has 5 nitrogen and oxygen atoms in total. The number of phenols is 1. The van der Waals surface area contributed by atoms with Crippen LogP contribution in [0.4, 0.5) is 4.79 Å². The minimum Gasteiger partial charge on any atom is -0.507 e. The Bertz CT molecular complexity index is 746. The van der Waals surface area contributed by atoms with Crippen molar-refractivity contribution < 1.29 is 14.6 Å². The Morgan fingerprint density at radius 2 is 2.00 bits per heavy atom. The first-order valence-corrected chi connectivity index (χ1v) is 8.40. The highest BCUT2D eigenvalue weighted by atomic mass is 35.5. The second kappa shape index (κ2) is 6.13. The Kier molecular flexibility index (Phi) is 4.30. The molecule has 0 saturated heterocycles. The van der Waals surface area contributed by atoms with Gasteiger partial charge in [-0.1, -0.05) is 11.6 Å². The summed E-state index contributed by atoms with van der Waals surface area (Å²) in [7, 11) is 0. The molecule has 1 aromatic heterocycles. The van der Waals surface area contributed by atoms with Crippen LogP contribution in [0.3, 0.4) is 0 Å². The quantitative estimate of drug-likeness (QED) is 0.783. The molecule has 0 fully saturated rings. The molecule has 24 heavy (non-hydrogen) atoms. The van der Waals surface area contributed by atoms with E-state index in [4.69, 9.17) is 16.3 Å². The number of amides is 1. The van der Waals surface area contributed by atoms with Crippen LogP contribution in [0.2, 0.25) is 5.02 Å². The predicted molar refractivity (Wildman–Crippen MR) is 93.6 cm³/mol. The summed E-state index contributed by atoms with van der Waals surface area (Å²) >= 11 is 6.21. The fraction of sp³-hybridized carbons (Fsp3) is 0.444. The standard InChI is InChI=1S/C18H21ClN2O3/c1-18(2,3)24-17(23)21-8-6-11-10-12-15(22)5-4-13(19)16(12)20-14(11)7-9-21/h4-5,10,22H,6-9H2,1-3H3. The molecule has 3 rings (SSSR count). The summed E-state index contributed by atoms with van der Waals surface area (Å²) in [6, 6.07) is 5.14. The van der Waals surface area contributed by atoms with E-state index in [1.54, 1.807) is 17.0 Å². The zero-order valence-corrected chi connectivity index (χ0v) is 14.9. The van der Waals surface area contributed by atoms with Crippen molar-refractivity contribution in [3.63, 3.8) is 0 Å². The molecular weight excluding hydrogens is 328 g/mol. The number of carbonyl (C=O) groups is 1. The van der Waals surface area contributed by atoms with Gasteiger partial charge in [-0.25, -0.2) is 4.79 Å². The van der Waals surface area contributed by atoms with E-state index in [0.29, 0.717) is 41.9 Å². The lowest BCUT2D eigenvalue weighted by Crippen LogP contribution is -2.38. The molecule has 0 unspecified atom stereocenters. The Labute approximate surface area is 146 Å². The van der Waals surface area contributed by atoms with Crippen LogP contribution < -0.4 is 0 Å². The van der Waals surface area contributed by atoms with Crippen LogP contribution in [-0.2, 0) is 17.6 Å². The third-order valence-corrected chi connectivity index (χ3v) is 4.31. The summed E-state index contributed by atoms with van der Waals surface area (Å²) < 4.78 is 5.45. The van der Waals surface area contributed by atoms with Crippen molar-refractivity contribution in [3.05, 3.63) is 34.5 Å². The van der Waals surface area contributed by atoms with Gasteiger partial charge in [0.25, 0.3) is 0 Å². The highest BCUT2D eigenvalue weighted by molar-refractivity contribution is 6.35. The van der Waals surface area contributed by atoms with E-state index in [9.17, 15) is 9.90 Å². The Morgan fingerprint density at radius 3 is 2.71 bits per heavy atom. The third kappa shape index (κ3) is 3.41. The number of hydrogen-bond donors (Lipinski definition) is 1. The number of pyridine rings is 1. The van der Waals surface area contributed by atoms with E-state index in [2.05, 4.69) is 4.98 Å². The average molecular weight is 349 g/mol. The van der Waals surface area contributed by atoms with Crippen LogP contribution in [0, 0.1) is 0 Å². The largest absolute Gasteiger partial charge is 0.507 e. The van der Waals surface area contributed by atoms with Gasteiger partial charge in [-0.05, 0) is 51.0 Å². The van der Waals surface area contributed by atoms with Gasteiger partial charge < -0.3 is 14.7 Å². The van der Waals surface area contributed by atoms with Crippen molar-refractivity contribution in [2.24, 2.45) is 0 Å². The zero-order chi connectivity index (χ0) is 17.5. The summed E-state index contributed by atoms with van der Waals surface area (Å²) in [5.74, 6) is 0.165. The van der Waals surface area contributed by atoms with Gasteiger partial charge in [-0.15, -0.1) is 0 Å². The van der Waals surface area contributed by atoms with Crippen molar-refractivity contribution in [1.82, 2.24) is 9.88 Å². The first-order valence-electron chi connectivity index (χ1n) is 8.02. The minimum absolute atomic E-state index is 0.165. The Balaban J connectivity index is 1.88. The van der Waals surface area contributed by atoms with E-state index in [0.717, 1.165) is 11.3 Å². The number of carbonyl (C=O) groups excluding carboxylic acids is 1. The predicted octanol–water partition coefficient (Wildman–Crippen LogP) is 3.93. The fourth-order valence-electron chi connectivity index (χ4n) is 2.84. The van der Waals surface area contributed by atoms with Gasteiger partial charge in [0.05, 0.1) is 10.5 Å². The van der Waals surface area contributed by atoms with Gasteiger partial charge in [0.1, 0.15) is 11.4 Å². The van der Waals surface area contributed by atoms with Crippen LogP contribution in [0.5, 0.6) is 5.75 Å². The summed E-state index contributed by atoms with van der Waals surface area (Å²) in [4.78, 5) is 18.6. The number of rotatable bonds is 0. The summed E-state index contributed by atoms with van der Waals surface area (Å²) in [5, 5.41) is 11.2. The van der Waals surface area contributed by atoms with Crippen LogP contribution >= 0.6 is 11.6 Å². The molecule has 0 radical (unpaired) electrons. The first-order chi connectivity index (χ1) is 11.2. The highest BCUT2D eigenvalue weighted by Crippen LogP contribution is 2.32. The molecule has 1 aliphatic heterocycles. The Hall–Kier alpha value is -2.01. The van der Waals surface area contributed by atoms with Crippen LogP contribution in [-0.4, -0.2) is 39.8 Å². The number of ether oxygens (including phenoxy) is 1. The smallest absolute Gasteiger partial charge is 0.410 e. The van der Waals surface area contributed by atoms with Crippen LogP contribution in [0.25, 0.3) is 10.9 Å². The van der Waals surface area contributed by atoms with Crippen molar-refractivity contribution in [2.75, 3.05) is 13.1 Å². The number of fused-ring (bicyclic) bond motifs is 2. The number of halogens is 1. The van der Waals surface area contributed by atoms with E-state index >= 15 is 0 Å². The minimum atomic E-state index is -0.511. The number of benzene rings is 1. The summed E-state index contributed by atoms with van der Waals surface area (Å²) in [6.45, 7) is 6.69. The van der Waals surface area contributed by atoms with Gasteiger partial charge in [-0.2, -0.15) is 0 Å². The molecule has 0 aliphatic carbocycles. The lowest BCUT2D eigenvalue weighted by atomic mass is 10.0. The van der Waals surface area contributed by atoms with Crippen LogP contribution in [0.15, 0.2) is 18.2 Å². The molecule has 1 aromatic carbocycles. The monoisotopic (exact) mass is 348 g/mol. The lowest BCUT2D eigenvalue weighted by Gasteiger charge is -2.26. The van der Waals surface area contributed by atoms with Crippen LogP contribution in [0.1, 0.15) is 32.0 Å². The van der Waals surface area contributed by atoms with Gasteiger partial charge in [0.15, 0.2) is 0 Å². The van der Waals surface area contributed by atoms with E-state index in [1.165, 1.54) is 0 Å². The maximum Gasteiger partial charge on any atom is 0.410 e. The molecule has 1 N–H and O–H groups in total. The van der Waals surface area contributed by atoms with Crippen molar-refractivity contribution >= 4 is 28.6 Å². The van der Waals surface area contributed by atoms with E-state index in [1.807, 2.05) is 26.8 Å². The number of aromatic hydroxyl groups is 1. The molecule has 0 saturated carbocycles. The second-order valence-corrected chi connectivity index (χ2v) is 7.43. The number of hydrogen-bond acceptors (Lipinski definition) is 4. The first kappa shape index (κ1) is 16.8. The van der Waals surface area contributed by atoms with E-state index in [-0.39, 0.29) is 11.8 Å². The normalized spacial score (nSPS) is 15.1. The maximum absolute atomic E-state index is 12.3. The number of nitrogens with zero attached hydrogens (tertiary/aromatic N) is 2. The van der Waals surface area contributed by atoms with Gasteiger partial charge >= 0.3 is 6.09 Å². The molecule has 0 bridgehead atoms. The molecule has 6 heteroatoms. The van der Waals surface area contributed by atoms with E-state index < -0.39 is 5.60 Å². The molecule has 0 atom stereocenters. The summed E-state index contributed by atoms with van der Waals surface area (Å²) in [5.41, 5.74) is 2.04. The molecule has 128 valence electrons. The Morgan fingerprint density at radius 1 is 1.29 bits per heavy atom. The lowest BCUT2D eigenvalue weighted by molar-refractivity contribution is 0.0258. The SMILES string of the molecule is CC(C)(C)OC(=O)N1CCc2cc3c(O)ccc(Cl)c3nc2CC1. The molecule has 2 heterocycles. The number of aromatic nitrogens is 1. The molecule has 0 spiro atoms. The topological polar surface area (TPSA) is 62.7 Å². The maximum atomic E-state index is 12.3. The fourth-order valence-corrected chi connectivity index (χ4v) is 3.05. The van der Waals surface area contributed by atoms with Crippen molar-refractivity contribution in [2.45, 2.75) is 39.2 Å².